The van der Waals surface area contributed by atoms with Crippen LogP contribution >= 0.6 is 11.3 Å². The Morgan fingerprint density at radius 1 is 1.19 bits per heavy atom. The number of allylic oxidation sites excluding steroid dienone is 1. The van der Waals surface area contributed by atoms with Crippen LogP contribution < -0.4 is 0 Å². The Hall–Kier alpha value is -2.04. The van der Waals surface area contributed by atoms with Crippen LogP contribution in [-0.2, 0) is 20.1 Å². The third-order valence-electron chi connectivity index (χ3n) is 3.80. The van der Waals surface area contributed by atoms with Crippen molar-refractivity contribution in [3.8, 4) is 11.3 Å². The van der Waals surface area contributed by atoms with Gasteiger partial charge in [-0.15, -0.1) is 40.5 Å². The van der Waals surface area contributed by atoms with E-state index in [4.69, 9.17) is 10.2 Å². The van der Waals surface area contributed by atoms with Crippen molar-refractivity contribution in [3.05, 3.63) is 78.0 Å². The second-order valence-corrected chi connectivity index (χ2v) is 6.96. The molecule has 0 amide bonds. The minimum absolute atomic E-state index is 0. The molecule has 0 aliphatic carbocycles. The summed E-state index contributed by atoms with van der Waals surface area (Å²) in [6.07, 6.45) is 2.70. The summed E-state index contributed by atoms with van der Waals surface area (Å²) in [6, 6.07) is 20.1. The molecule has 27 heavy (non-hydrogen) atoms. The van der Waals surface area contributed by atoms with E-state index in [1.54, 1.807) is 18.3 Å². The van der Waals surface area contributed by atoms with Gasteiger partial charge < -0.3 is 15.2 Å². The molecule has 3 nitrogen and oxygen atoms in total. The molecule has 1 radical (unpaired) electrons. The van der Waals surface area contributed by atoms with Crippen LogP contribution in [0.1, 0.15) is 13.8 Å². The summed E-state index contributed by atoms with van der Waals surface area (Å²) < 4.78 is 1.27. The molecule has 0 aliphatic heterocycles. The minimum atomic E-state index is -0.537. The van der Waals surface area contributed by atoms with Crippen molar-refractivity contribution in [2.24, 2.45) is 0 Å². The zero-order valence-electron chi connectivity index (χ0n) is 15.0. The normalized spacial score (nSPS) is 12.2. The van der Waals surface area contributed by atoms with Gasteiger partial charge >= 0.3 is 0 Å². The van der Waals surface area contributed by atoms with Crippen LogP contribution in [0.5, 0.6) is 0 Å². The van der Waals surface area contributed by atoms with Gasteiger partial charge in [-0.2, -0.15) is 0 Å². The molecule has 0 saturated carbocycles. The first-order valence-corrected chi connectivity index (χ1v) is 9.21. The van der Waals surface area contributed by atoms with Gasteiger partial charge in [0.15, 0.2) is 0 Å². The molecule has 4 rings (SSSR count). The van der Waals surface area contributed by atoms with E-state index in [1.807, 2.05) is 18.3 Å². The molecule has 5 heteroatoms. The van der Waals surface area contributed by atoms with E-state index in [2.05, 4.69) is 52.8 Å². The second kappa shape index (κ2) is 9.77. The SMILES string of the molecule is CC(O)=CC(C)O.[Ir].[c-]1cc2ccccc2cc1-c1nccc2sccc12. The number of aliphatic hydroxyl groups excluding tert-OH is 2. The first-order chi connectivity index (χ1) is 12.5. The summed E-state index contributed by atoms with van der Waals surface area (Å²) in [7, 11) is 0. The molecule has 0 saturated heterocycles. The van der Waals surface area contributed by atoms with Crippen molar-refractivity contribution in [2.75, 3.05) is 0 Å². The molecular formula is C22H20IrNO2S-. The summed E-state index contributed by atoms with van der Waals surface area (Å²) in [5, 5.41) is 22.7. The molecule has 0 bridgehead atoms. The van der Waals surface area contributed by atoms with Crippen molar-refractivity contribution in [3.63, 3.8) is 0 Å². The molecule has 4 aromatic rings. The molecule has 2 aromatic carbocycles. The van der Waals surface area contributed by atoms with Crippen LogP contribution in [0.2, 0.25) is 0 Å². The van der Waals surface area contributed by atoms with Crippen molar-refractivity contribution in [1.82, 2.24) is 4.98 Å². The molecule has 141 valence electrons. The summed E-state index contributed by atoms with van der Waals surface area (Å²) in [6.45, 7) is 3.10. The fourth-order valence-corrected chi connectivity index (χ4v) is 3.50. The van der Waals surface area contributed by atoms with E-state index in [1.165, 1.54) is 33.9 Å². The largest absolute Gasteiger partial charge is 0.513 e. The Balaban J connectivity index is 0.000000285. The predicted octanol–water partition coefficient (Wildman–Crippen LogP) is 5.74. The molecule has 0 fully saturated rings. The molecule has 2 aromatic heterocycles. The van der Waals surface area contributed by atoms with E-state index < -0.39 is 6.10 Å². The summed E-state index contributed by atoms with van der Waals surface area (Å²) in [5.41, 5.74) is 2.08. The van der Waals surface area contributed by atoms with E-state index in [-0.39, 0.29) is 25.9 Å². The van der Waals surface area contributed by atoms with Gasteiger partial charge in [0.25, 0.3) is 0 Å². The monoisotopic (exact) mass is 555 g/mol. The van der Waals surface area contributed by atoms with Gasteiger partial charge in [0, 0.05) is 31.0 Å². The number of thiophene rings is 1. The number of pyridine rings is 1. The topological polar surface area (TPSA) is 53.4 Å². The Kier molecular flexibility index (Phi) is 7.69. The quantitative estimate of drug-likeness (QED) is 0.245. The maximum atomic E-state index is 8.49. The molecular weight excluding hydrogens is 535 g/mol. The number of hydrogen-bond donors (Lipinski definition) is 2. The fraction of sp³-hybridized carbons (Fsp3) is 0.136. The standard InChI is InChI=1S/C17H10NS.C5H10O2.Ir/c1-2-4-13-11-14(6-5-12(13)3-1)17-15-8-10-19-16(15)7-9-18-17;1-4(6)3-5(2)7;/h1-5,7-11H;3-4,6-7H,1-2H3;/q-1;;. The zero-order chi connectivity index (χ0) is 18.5. The van der Waals surface area contributed by atoms with Gasteiger partial charge in [-0.05, 0) is 42.5 Å². The van der Waals surface area contributed by atoms with Gasteiger partial charge in [-0.25, -0.2) is 0 Å². The molecule has 1 unspecified atom stereocenters. The van der Waals surface area contributed by atoms with Gasteiger partial charge in [-0.1, -0.05) is 35.7 Å². The number of benzene rings is 2. The van der Waals surface area contributed by atoms with Gasteiger partial charge in [0.2, 0.25) is 0 Å². The van der Waals surface area contributed by atoms with Gasteiger partial charge in [-0.3, -0.25) is 0 Å². The van der Waals surface area contributed by atoms with Crippen LogP contribution in [0, 0.1) is 6.07 Å². The van der Waals surface area contributed by atoms with E-state index in [0.29, 0.717) is 0 Å². The maximum Gasteiger partial charge on any atom is 0.0877 e. The average molecular weight is 555 g/mol. The molecule has 0 aliphatic rings. The summed E-state index contributed by atoms with van der Waals surface area (Å²) >= 11 is 1.75. The third kappa shape index (κ3) is 5.47. The third-order valence-corrected chi connectivity index (χ3v) is 4.68. The average Bonchev–Trinajstić information content (AvgIpc) is 3.09. The summed E-state index contributed by atoms with van der Waals surface area (Å²) in [4.78, 5) is 4.53. The Labute approximate surface area is 176 Å². The van der Waals surface area contributed by atoms with E-state index in [9.17, 15) is 0 Å². The maximum absolute atomic E-state index is 8.49. The Morgan fingerprint density at radius 2 is 1.93 bits per heavy atom. The number of fused-ring (bicyclic) bond motifs is 2. The predicted molar refractivity (Wildman–Crippen MR) is 109 cm³/mol. The van der Waals surface area contributed by atoms with Crippen molar-refractivity contribution in [2.45, 2.75) is 20.0 Å². The Morgan fingerprint density at radius 3 is 2.59 bits per heavy atom. The number of rotatable bonds is 2. The van der Waals surface area contributed by atoms with E-state index in [0.717, 1.165) is 11.3 Å². The van der Waals surface area contributed by atoms with Crippen LogP contribution in [0.15, 0.2) is 71.9 Å². The van der Waals surface area contributed by atoms with Gasteiger partial charge in [0.05, 0.1) is 11.9 Å². The number of aromatic nitrogens is 1. The second-order valence-electron chi connectivity index (χ2n) is 6.02. The van der Waals surface area contributed by atoms with Crippen LogP contribution in [-0.4, -0.2) is 21.3 Å². The first-order valence-electron chi connectivity index (χ1n) is 8.33. The molecule has 2 heterocycles. The number of aliphatic hydroxyl groups is 2. The zero-order valence-corrected chi connectivity index (χ0v) is 18.2. The van der Waals surface area contributed by atoms with Crippen molar-refractivity contribution < 1.29 is 30.3 Å². The number of hydrogen-bond acceptors (Lipinski definition) is 4. The fourth-order valence-electron chi connectivity index (χ4n) is 2.72. The molecule has 2 N–H and O–H groups in total. The van der Waals surface area contributed by atoms with Gasteiger partial charge in [0.1, 0.15) is 0 Å². The Bertz CT molecular complexity index is 1050. The van der Waals surface area contributed by atoms with Crippen LogP contribution in [0.25, 0.3) is 32.1 Å². The number of nitrogens with zero attached hydrogens (tertiary/aromatic N) is 1. The molecule has 0 spiro atoms. The van der Waals surface area contributed by atoms with Crippen molar-refractivity contribution in [1.29, 1.82) is 0 Å². The smallest absolute Gasteiger partial charge is 0.0877 e. The summed E-state index contributed by atoms with van der Waals surface area (Å²) in [5.74, 6) is 0.162. The van der Waals surface area contributed by atoms with Crippen molar-refractivity contribution >= 4 is 32.2 Å². The molecule has 1 atom stereocenters. The van der Waals surface area contributed by atoms with Crippen LogP contribution in [0.4, 0.5) is 0 Å². The first kappa shape index (κ1) is 21.3. The minimum Gasteiger partial charge on any atom is -0.513 e. The van der Waals surface area contributed by atoms with E-state index >= 15 is 0 Å². The van der Waals surface area contributed by atoms with Crippen LogP contribution in [0.3, 0.4) is 0 Å².